The zero-order chi connectivity index (χ0) is 20.1. The summed E-state index contributed by atoms with van der Waals surface area (Å²) < 4.78 is 7.82. The summed E-state index contributed by atoms with van der Waals surface area (Å²) in [5.41, 5.74) is 9.98. The van der Waals surface area contributed by atoms with Crippen molar-refractivity contribution in [1.29, 1.82) is 0 Å². The van der Waals surface area contributed by atoms with E-state index in [0.717, 1.165) is 24.4 Å². The van der Waals surface area contributed by atoms with Crippen LogP contribution in [0.3, 0.4) is 0 Å². The largest absolute Gasteiger partial charge is 0.485 e. The van der Waals surface area contributed by atoms with Gasteiger partial charge in [0.05, 0.1) is 0 Å². The first-order valence-electron chi connectivity index (χ1n) is 9.86. The van der Waals surface area contributed by atoms with Crippen molar-refractivity contribution in [2.45, 2.75) is 52.5 Å². The number of Topliss-reactive ketones (excluding diaryl/α,β-unsaturated/α-hetero) is 1. The molecule has 0 atom stereocenters. The molecule has 0 saturated heterocycles. The van der Waals surface area contributed by atoms with Crippen LogP contribution < -0.4 is 10.5 Å². The third-order valence-electron chi connectivity index (χ3n) is 5.42. The highest BCUT2D eigenvalue weighted by Crippen LogP contribution is 2.23. The SMILES string of the molecule is Cc1cc(C(=O)COc2ccc(C(N)=O)cc2)c(C)n1CCC1=CCCCC1. The molecule has 0 spiro atoms. The number of primary amides is 1. The van der Waals surface area contributed by atoms with Crippen LogP contribution in [0, 0.1) is 13.8 Å². The Bertz CT molecular complexity index is 891. The number of ether oxygens (including phenoxy) is 1. The van der Waals surface area contributed by atoms with Crippen LogP contribution in [-0.4, -0.2) is 22.9 Å². The van der Waals surface area contributed by atoms with Crippen molar-refractivity contribution in [2.24, 2.45) is 5.73 Å². The topological polar surface area (TPSA) is 74.3 Å². The van der Waals surface area contributed by atoms with Crippen molar-refractivity contribution in [2.75, 3.05) is 6.61 Å². The minimum Gasteiger partial charge on any atom is -0.485 e. The molecule has 0 unspecified atom stereocenters. The number of hydrogen-bond donors (Lipinski definition) is 1. The number of nitrogens with two attached hydrogens (primary N) is 1. The molecule has 1 aliphatic carbocycles. The van der Waals surface area contributed by atoms with Crippen molar-refractivity contribution < 1.29 is 14.3 Å². The summed E-state index contributed by atoms with van der Waals surface area (Å²) in [5.74, 6) is 0.00524. The number of allylic oxidation sites excluding steroid dienone is 2. The lowest BCUT2D eigenvalue weighted by Crippen LogP contribution is -2.14. The molecule has 1 aliphatic rings. The minimum atomic E-state index is -0.487. The molecular formula is C23H28N2O3. The second-order valence-electron chi connectivity index (χ2n) is 7.40. The first-order chi connectivity index (χ1) is 13.5. The van der Waals surface area contributed by atoms with Gasteiger partial charge >= 0.3 is 0 Å². The van der Waals surface area contributed by atoms with Crippen LogP contribution in [0.25, 0.3) is 0 Å². The van der Waals surface area contributed by atoms with E-state index in [1.807, 2.05) is 19.9 Å². The normalized spacial score (nSPS) is 13.9. The highest BCUT2D eigenvalue weighted by molar-refractivity contribution is 5.98. The fourth-order valence-electron chi connectivity index (χ4n) is 3.76. The predicted octanol–water partition coefficient (Wildman–Crippen LogP) is 4.36. The quantitative estimate of drug-likeness (QED) is 0.546. The molecule has 1 heterocycles. The monoisotopic (exact) mass is 380 g/mol. The van der Waals surface area contributed by atoms with Crippen molar-refractivity contribution in [3.63, 3.8) is 0 Å². The van der Waals surface area contributed by atoms with E-state index >= 15 is 0 Å². The Morgan fingerprint density at radius 1 is 1.14 bits per heavy atom. The summed E-state index contributed by atoms with van der Waals surface area (Å²) in [6.07, 6.45) is 8.41. The highest BCUT2D eigenvalue weighted by Gasteiger charge is 2.17. The molecule has 1 aromatic carbocycles. The minimum absolute atomic E-state index is 0.0363. The molecule has 2 N–H and O–H groups in total. The van der Waals surface area contributed by atoms with Crippen LogP contribution in [-0.2, 0) is 6.54 Å². The zero-order valence-electron chi connectivity index (χ0n) is 16.7. The van der Waals surface area contributed by atoms with E-state index < -0.39 is 5.91 Å². The first-order valence-corrected chi connectivity index (χ1v) is 9.86. The van der Waals surface area contributed by atoms with Crippen molar-refractivity contribution in [1.82, 2.24) is 4.57 Å². The number of hydrogen-bond acceptors (Lipinski definition) is 3. The van der Waals surface area contributed by atoms with Crippen molar-refractivity contribution >= 4 is 11.7 Å². The molecule has 0 aliphatic heterocycles. The number of carbonyl (C=O) groups is 2. The molecule has 0 radical (unpaired) electrons. The Labute approximate surface area is 166 Å². The third kappa shape index (κ3) is 4.71. The molecule has 0 saturated carbocycles. The number of aryl methyl sites for hydroxylation is 1. The summed E-state index contributed by atoms with van der Waals surface area (Å²) in [7, 11) is 0. The Morgan fingerprint density at radius 3 is 2.54 bits per heavy atom. The zero-order valence-corrected chi connectivity index (χ0v) is 16.7. The molecule has 0 fully saturated rings. The van der Waals surface area contributed by atoms with Crippen LogP contribution in [0.1, 0.15) is 64.2 Å². The predicted molar refractivity (Wildman–Crippen MR) is 110 cm³/mol. The fourth-order valence-corrected chi connectivity index (χ4v) is 3.76. The van der Waals surface area contributed by atoms with Gasteiger partial charge in [0.2, 0.25) is 11.7 Å². The van der Waals surface area contributed by atoms with Gasteiger partial charge < -0.3 is 15.0 Å². The summed E-state index contributed by atoms with van der Waals surface area (Å²) >= 11 is 0. The van der Waals surface area contributed by atoms with Crippen molar-refractivity contribution in [3.05, 3.63) is 64.5 Å². The number of rotatable bonds is 8. The smallest absolute Gasteiger partial charge is 0.248 e. The third-order valence-corrected chi connectivity index (χ3v) is 5.42. The highest BCUT2D eigenvalue weighted by atomic mass is 16.5. The molecule has 2 aromatic rings. The van der Waals surface area contributed by atoms with Gasteiger partial charge in [0.1, 0.15) is 5.75 Å². The Hall–Kier alpha value is -2.82. The lowest BCUT2D eigenvalue weighted by Gasteiger charge is -2.15. The lowest BCUT2D eigenvalue weighted by molar-refractivity contribution is 0.0919. The molecule has 3 rings (SSSR count). The standard InChI is InChI=1S/C23H28N2O3/c1-16-14-21(17(2)25(16)13-12-18-6-4-3-5-7-18)22(26)15-28-20-10-8-19(9-11-20)23(24)27/h6,8-11,14H,3-5,7,12-13,15H2,1-2H3,(H2,24,27). The Morgan fingerprint density at radius 2 is 1.89 bits per heavy atom. The van der Waals surface area contributed by atoms with Gasteiger partial charge in [-0.2, -0.15) is 0 Å². The average molecular weight is 380 g/mol. The van der Waals surface area contributed by atoms with Crippen LogP contribution in [0.4, 0.5) is 0 Å². The van der Waals surface area contributed by atoms with Gasteiger partial charge in [0, 0.05) is 29.1 Å². The summed E-state index contributed by atoms with van der Waals surface area (Å²) in [6, 6.07) is 8.43. The Balaban J connectivity index is 1.61. The average Bonchev–Trinajstić information content (AvgIpc) is 2.99. The van der Waals surface area contributed by atoms with Gasteiger partial charge in [-0.25, -0.2) is 0 Å². The van der Waals surface area contributed by atoms with E-state index in [-0.39, 0.29) is 12.4 Å². The second-order valence-corrected chi connectivity index (χ2v) is 7.40. The molecular weight excluding hydrogens is 352 g/mol. The van der Waals surface area contributed by atoms with E-state index in [9.17, 15) is 9.59 Å². The molecule has 1 aromatic heterocycles. The van der Waals surface area contributed by atoms with E-state index in [4.69, 9.17) is 10.5 Å². The van der Waals surface area contributed by atoms with E-state index in [1.54, 1.807) is 24.3 Å². The number of nitrogens with zero attached hydrogens (tertiary/aromatic N) is 1. The van der Waals surface area contributed by atoms with Gasteiger partial charge in [-0.1, -0.05) is 11.6 Å². The second kappa shape index (κ2) is 8.91. The summed E-state index contributed by atoms with van der Waals surface area (Å²) in [4.78, 5) is 23.8. The molecule has 5 nitrogen and oxygen atoms in total. The van der Waals surface area contributed by atoms with Crippen LogP contribution in [0.5, 0.6) is 5.75 Å². The summed E-state index contributed by atoms with van der Waals surface area (Å²) in [6.45, 7) is 4.91. The maximum absolute atomic E-state index is 12.7. The maximum Gasteiger partial charge on any atom is 0.248 e. The maximum atomic E-state index is 12.7. The Kier molecular flexibility index (Phi) is 6.34. The number of amides is 1. The molecule has 0 bridgehead atoms. The van der Waals surface area contributed by atoms with E-state index in [1.165, 1.54) is 31.3 Å². The van der Waals surface area contributed by atoms with Gasteiger partial charge in [0.15, 0.2) is 6.61 Å². The number of benzene rings is 1. The van der Waals surface area contributed by atoms with Gasteiger partial charge in [-0.3, -0.25) is 9.59 Å². The van der Waals surface area contributed by atoms with Gasteiger partial charge in [-0.15, -0.1) is 0 Å². The lowest BCUT2D eigenvalue weighted by atomic mass is 9.97. The van der Waals surface area contributed by atoms with Crippen LogP contribution in [0.2, 0.25) is 0 Å². The molecule has 28 heavy (non-hydrogen) atoms. The molecule has 1 amide bonds. The molecule has 148 valence electrons. The number of ketones is 1. The van der Waals surface area contributed by atoms with Gasteiger partial charge in [0.25, 0.3) is 0 Å². The number of carbonyl (C=O) groups excluding carboxylic acids is 2. The van der Waals surface area contributed by atoms with Gasteiger partial charge in [-0.05, 0) is 76.3 Å². The van der Waals surface area contributed by atoms with Crippen molar-refractivity contribution in [3.8, 4) is 5.75 Å². The summed E-state index contributed by atoms with van der Waals surface area (Å²) in [5, 5.41) is 0. The fraction of sp³-hybridized carbons (Fsp3) is 0.391. The first kappa shape index (κ1) is 19.9. The number of aromatic nitrogens is 1. The van der Waals surface area contributed by atoms with E-state index in [2.05, 4.69) is 10.6 Å². The van der Waals surface area contributed by atoms with E-state index in [0.29, 0.717) is 16.9 Å². The van der Waals surface area contributed by atoms with Crippen LogP contribution in [0.15, 0.2) is 42.0 Å². The van der Waals surface area contributed by atoms with Crippen LogP contribution >= 0.6 is 0 Å². The molecule has 5 heteroatoms.